The molecule has 0 aromatic carbocycles. The molecule has 0 spiro atoms. The molecular formula is C14H27N3O5. The summed E-state index contributed by atoms with van der Waals surface area (Å²) in [7, 11) is 0. The molecule has 0 saturated heterocycles. The third-order valence-corrected chi connectivity index (χ3v) is 3.12. The minimum absolute atomic E-state index is 0.194. The average molecular weight is 317 g/mol. The second-order valence-corrected chi connectivity index (χ2v) is 6.01. The largest absolute Gasteiger partial charge is 0.390 e. The number of rotatable bonds is 10. The van der Waals surface area contributed by atoms with E-state index in [1.165, 1.54) is 13.8 Å². The molecule has 0 unspecified atom stereocenters. The van der Waals surface area contributed by atoms with Crippen molar-refractivity contribution < 1.29 is 24.7 Å². The van der Waals surface area contributed by atoms with Gasteiger partial charge in [0.05, 0.1) is 24.5 Å². The first-order valence-electron chi connectivity index (χ1n) is 7.37. The van der Waals surface area contributed by atoms with E-state index in [1.54, 1.807) is 0 Å². The molecule has 8 heteroatoms. The third-order valence-electron chi connectivity index (χ3n) is 3.12. The number of amides is 3. The fraction of sp³-hybridized carbons (Fsp3) is 0.786. The number of hydrogen-bond acceptors (Lipinski definition) is 6. The number of nitrogens with zero attached hydrogens (tertiary/aromatic N) is 2. The molecule has 0 saturated carbocycles. The van der Waals surface area contributed by atoms with Crippen LogP contribution in [0.15, 0.2) is 0 Å². The van der Waals surface area contributed by atoms with Gasteiger partial charge in [-0.1, -0.05) is 26.2 Å². The summed E-state index contributed by atoms with van der Waals surface area (Å²) in [6.45, 7) is 4.64. The zero-order valence-electron chi connectivity index (χ0n) is 13.5. The van der Waals surface area contributed by atoms with E-state index in [9.17, 15) is 24.7 Å². The molecule has 3 amide bonds. The maximum Gasteiger partial charge on any atom is 0.248 e. The minimum Gasteiger partial charge on any atom is -0.390 e. The molecule has 128 valence electrons. The number of carbonyl (C=O) groups is 3. The van der Waals surface area contributed by atoms with Gasteiger partial charge in [-0.3, -0.25) is 19.6 Å². The van der Waals surface area contributed by atoms with Gasteiger partial charge in [-0.05, 0) is 20.3 Å². The molecule has 0 bridgehead atoms. The standard InChI is InChI=1S/C14H27N3O5/c1-4-5-6-7-11(9-16(22)10-18)13(20)17(15)12(19)8-14(2,3)21/h10-11,21-22H,4-9,15H2,1-3H3/t11-/m1/s1. The van der Waals surface area contributed by atoms with Crippen LogP contribution in [0, 0.1) is 5.92 Å². The van der Waals surface area contributed by atoms with Crippen LogP contribution in [0.5, 0.6) is 0 Å². The lowest BCUT2D eigenvalue weighted by Gasteiger charge is -2.25. The van der Waals surface area contributed by atoms with Gasteiger partial charge in [-0.2, -0.15) is 0 Å². The number of carbonyl (C=O) groups excluding carboxylic acids is 3. The Morgan fingerprint density at radius 3 is 2.36 bits per heavy atom. The number of imide groups is 1. The van der Waals surface area contributed by atoms with E-state index >= 15 is 0 Å². The van der Waals surface area contributed by atoms with Gasteiger partial charge in [0, 0.05) is 0 Å². The van der Waals surface area contributed by atoms with Crippen molar-refractivity contribution in [2.24, 2.45) is 11.8 Å². The van der Waals surface area contributed by atoms with Crippen molar-refractivity contribution in [3.63, 3.8) is 0 Å². The highest BCUT2D eigenvalue weighted by atomic mass is 16.5. The Balaban J connectivity index is 4.83. The zero-order valence-corrected chi connectivity index (χ0v) is 13.5. The summed E-state index contributed by atoms with van der Waals surface area (Å²) in [4.78, 5) is 34.6. The van der Waals surface area contributed by atoms with Crippen LogP contribution in [0.1, 0.15) is 52.9 Å². The fourth-order valence-electron chi connectivity index (χ4n) is 1.98. The first-order chi connectivity index (χ1) is 10.1. The van der Waals surface area contributed by atoms with Crippen molar-refractivity contribution in [1.82, 2.24) is 10.1 Å². The maximum atomic E-state index is 12.3. The van der Waals surface area contributed by atoms with E-state index in [4.69, 9.17) is 5.84 Å². The van der Waals surface area contributed by atoms with E-state index < -0.39 is 23.3 Å². The molecule has 0 aromatic heterocycles. The summed E-state index contributed by atoms with van der Waals surface area (Å²) in [5.41, 5.74) is -1.28. The van der Waals surface area contributed by atoms with Crippen LogP contribution in [0.2, 0.25) is 0 Å². The van der Waals surface area contributed by atoms with Crippen LogP contribution < -0.4 is 5.84 Å². The second-order valence-electron chi connectivity index (χ2n) is 6.01. The Bertz CT molecular complexity index is 381. The van der Waals surface area contributed by atoms with Gasteiger partial charge in [-0.15, -0.1) is 0 Å². The fourth-order valence-corrected chi connectivity index (χ4v) is 1.98. The van der Waals surface area contributed by atoms with Crippen LogP contribution in [0.3, 0.4) is 0 Å². The lowest BCUT2D eigenvalue weighted by Crippen LogP contribution is -2.49. The summed E-state index contributed by atoms with van der Waals surface area (Å²) in [6, 6.07) is 0. The van der Waals surface area contributed by atoms with Crippen molar-refractivity contribution in [3.05, 3.63) is 0 Å². The Hall–Kier alpha value is -1.51. The SMILES string of the molecule is CCCCC[C@H](CN(O)C=O)C(=O)N(N)C(=O)CC(C)(C)O. The topological polar surface area (TPSA) is 124 Å². The smallest absolute Gasteiger partial charge is 0.248 e. The second kappa shape index (κ2) is 9.50. The lowest BCUT2D eigenvalue weighted by atomic mass is 9.99. The molecule has 0 aliphatic heterocycles. The number of unbranched alkanes of at least 4 members (excludes halogenated alkanes) is 2. The van der Waals surface area contributed by atoms with Crippen LogP contribution in [-0.4, -0.2) is 50.8 Å². The van der Waals surface area contributed by atoms with E-state index in [0.717, 1.165) is 12.8 Å². The summed E-state index contributed by atoms with van der Waals surface area (Å²) >= 11 is 0. The summed E-state index contributed by atoms with van der Waals surface area (Å²) in [5.74, 6) is 3.37. The van der Waals surface area contributed by atoms with Crippen molar-refractivity contribution in [1.29, 1.82) is 0 Å². The number of nitrogens with two attached hydrogens (primary N) is 1. The first-order valence-corrected chi connectivity index (χ1v) is 7.37. The van der Waals surface area contributed by atoms with Crippen LogP contribution in [0.4, 0.5) is 0 Å². The van der Waals surface area contributed by atoms with Crippen molar-refractivity contribution in [2.75, 3.05) is 6.54 Å². The monoisotopic (exact) mass is 317 g/mol. The minimum atomic E-state index is -1.28. The van der Waals surface area contributed by atoms with Gasteiger partial charge in [0.15, 0.2) is 0 Å². The molecule has 0 aliphatic rings. The molecule has 0 rings (SSSR count). The van der Waals surface area contributed by atoms with E-state index in [2.05, 4.69) is 0 Å². The normalized spacial score (nSPS) is 12.6. The van der Waals surface area contributed by atoms with Crippen LogP contribution in [-0.2, 0) is 14.4 Å². The van der Waals surface area contributed by atoms with Crippen molar-refractivity contribution in [3.8, 4) is 0 Å². The number of hydroxylamine groups is 2. The highest BCUT2D eigenvalue weighted by molar-refractivity contribution is 5.96. The molecule has 1 atom stereocenters. The first kappa shape index (κ1) is 20.5. The Morgan fingerprint density at radius 2 is 1.91 bits per heavy atom. The number of hydrogen-bond donors (Lipinski definition) is 3. The third kappa shape index (κ3) is 8.06. The van der Waals surface area contributed by atoms with E-state index in [0.29, 0.717) is 22.9 Å². The Morgan fingerprint density at radius 1 is 1.32 bits per heavy atom. The summed E-state index contributed by atoms with van der Waals surface area (Å²) in [6.07, 6.45) is 2.85. The predicted octanol–water partition coefficient (Wildman–Crippen LogP) is 0.420. The lowest BCUT2D eigenvalue weighted by molar-refractivity contribution is -0.159. The molecule has 0 fully saturated rings. The maximum absolute atomic E-state index is 12.3. The Kier molecular flexibility index (Phi) is 8.84. The van der Waals surface area contributed by atoms with Gasteiger partial charge in [0.2, 0.25) is 18.2 Å². The summed E-state index contributed by atoms with van der Waals surface area (Å²) < 4.78 is 0. The van der Waals surface area contributed by atoms with Crippen molar-refractivity contribution >= 4 is 18.2 Å². The van der Waals surface area contributed by atoms with Gasteiger partial charge >= 0.3 is 0 Å². The highest BCUT2D eigenvalue weighted by Gasteiger charge is 2.30. The van der Waals surface area contributed by atoms with Crippen LogP contribution >= 0.6 is 0 Å². The van der Waals surface area contributed by atoms with E-state index in [1.807, 2.05) is 6.92 Å². The molecule has 0 heterocycles. The van der Waals surface area contributed by atoms with Gasteiger partial charge in [0.25, 0.3) is 0 Å². The molecule has 0 aromatic rings. The van der Waals surface area contributed by atoms with Crippen LogP contribution in [0.25, 0.3) is 0 Å². The molecular weight excluding hydrogens is 290 g/mol. The highest BCUT2D eigenvalue weighted by Crippen LogP contribution is 2.15. The van der Waals surface area contributed by atoms with Gasteiger partial charge in [-0.25, -0.2) is 15.9 Å². The number of hydrazine groups is 1. The molecule has 0 aliphatic carbocycles. The molecule has 4 N–H and O–H groups in total. The Labute approximate surface area is 130 Å². The van der Waals surface area contributed by atoms with E-state index in [-0.39, 0.29) is 19.4 Å². The molecule has 8 nitrogen and oxygen atoms in total. The summed E-state index contributed by atoms with van der Waals surface area (Å²) in [5, 5.41) is 19.7. The zero-order chi connectivity index (χ0) is 17.3. The predicted molar refractivity (Wildman–Crippen MR) is 79.1 cm³/mol. The average Bonchev–Trinajstić information content (AvgIpc) is 2.42. The number of aliphatic hydroxyl groups is 1. The molecule has 22 heavy (non-hydrogen) atoms. The quantitative estimate of drug-likeness (QED) is 0.134. The molecule has 0 radical (unpaired) electrons. The van der Waals surface area contributed by atoms with Gasteiger partial charge < -0.3 is 5.11 Å². The van der Waals surface area contributed by atoms with Crippen molar-refractivity contribution in [2.45, 2.75) is 58.5 Å². The van der Waals surface area contributed by atoms with Gasteiger partial charge in [0.1, 0.15) is 0 Å².